The Morgan fingerprint density at radius 1 is 1.36 bits per heavy atom. The largest absolute Gasteiger partial charge is 0.493 e. The average Bonchev–Trinajstić information content (AvgIpc) is 3.13. The maximum Gasteiger partial charge on any atom is 0.236 e. The molecule has 1 aliphatic heterocycles. The minimum Gasteiger partial charge on any atom is -0.493 e. The number of likely N-dealkylation sites (N-methyl/N-ethyl adjacent to an activating group) is 1. The molecule has 1 aromatic carbocycles. The first-order chi connectivity index (χ1) is 13.5. The number of methoxy groups -OCH3 is 2. The van der Waals surface area contributed by atoms with Gasteiger partial charge >= 0.3 is 0 Å². The van der Waals surface area contributed by atoms with Crippen LogP contribution >= 0.6 is 0 Å². The van der Waals surface area contributed by atoms with E-state index < -0.39 is 0 Å². The van der Waals surface area contributed by atoms with Gasteiger partial charge in [-0.25, -0.2) is 4.98 Å². The fourth-order valence-electron chi connectivity index (χ4n) is 3.60. The molecule has 0 bridgehead atoms. The molecule has 0 spiro atoms. The SMILES string of the molecule is COc1cccc(CN(C)C(=O)CN2CCNCC2c2nccn2C)c1OC. The van der Waals surface area contributed by atoms with Crippen LogP contribution < -0.4 is 14.8 Å². The Balaban J connectivity index is 1.69. The number of piperazine rings is 1. The van der Waals surface area contributed by atoms with Crippen LogP contribution in [0.15, 0.2) is 30.6 Å². The lowest BCUT2D eigenvalue weighted by Gasteiger charge is -2.36. The van der Waals surface area contributed by atoms with Crippen LogP contribution in [-0.2, 0) is 18.4 Å². The Hall–Kier alpha value is -2.58. The normalized spacial score (nSPS) is 17.4. The molecule has 3 rings (SSSR count). The summed E-state index contributed by atoms with van der Waals surface area (Å²) in [5, 5.41) is 3.40. The predicted octanol–water partition coefficient (Wildman–Crippen LogP) is 1.04. The van der Waals surface area contributed by atoms with Crippen LogP contribution in [0.2, 0.25) is 0 Å². The summed E-state index contributed by atoms with van der Waals surface area (Å²) in [6.45, 7) is 3.26. The van der Waals surface area contributed by atoms with Gasteiger partial charge in [-0.2, -0.15) is 0 Å². The highest BCUT2D eigenvalue weighted by Gasteiger charge is 2.29. The fourth-order valence-corrected chi connectivity index (χ4v) is 3.60. The average molecular weight is 387 g/mol. The summed E-state index contributed by atoms with van der Waals surface area (Å²) < 4.78 is 12.9. The maximum absolute atomic E-state index is 12.9. The second kappa shape index (κ2) is 9.07. The zero-order valence-corrected chi connectivity index (χ0v) is 17.0. The monoisotopic (exact) mass is 387 g/mol. The van der Waals surface area contributed by atoms with Crippen molar-refractivity contribution in [2.24, 2.45) is 7.05 Å². The summed E-state index contributed by atoms with van der Waals surface area (Å²) in [5.74, 6) is 2.36. The van der Waals surface area contributed by atoms with Crippen LogP contribution in [0.1, 0.15) is 17.4 Å². The van der Waals surface area contributed by atoms with Gasteiger partial charge in [0.05, 0.1) is 26.8 Å². The third-order valence-electron chi connectivity index (χ3n) is 5.17. The number of carbonyl (C=O) groups is 1. The van der Waals surface area contributed by atoms with Gasteiger partial charge in [-0.05, 0) is 6.07 Å². The molecule has 1 aromatic heterocycles. The molecule has 8 nitrogen and oxygen atoms in total. The molecular weight excluding hydrogens is 358 g/mol. The van der Waals surface area contributed by atoms with Crippen molar-refractivity contribution in [3.05, 3.63) is 42.0 Å². The van der Waals surface area contributed by atoms with Crippen molar-refractivity contribution < 1.29 is 14.3 Å². The van der Waals surface area contributed by atoms with E-state index in [9.17, 15) is 4.79 Å². The van der Waals surface area contributed by atoms with Crippen LogP contribution in [0.5, 0.6) is 11.5 Å². The quantitative estimate of drug-likeness (QED) is 0.766. The third kappa shape index (κ3) is 4.28. The molecule has 8 heteroatoms. The number of rotatable bonds is 7. The van der Waals surface area contributed by atoms with E-state index in [0.717, 1.165) is 31.0 Å². The number of ether oxygens (including phenoxy) is 2. The summed E-state index contributed by atoms with van der Waals surface area (Å²) >= 11 is 0. The molecule has 0 aliphatic carbocycles. The lowest BCUT2D eigenvalue weighted by Crippen LogP contribution is -2.50. The summed E-state index contributed by atoms with van der Waals surface area (Å²) in [6.07, 6.45) is 3.73. The lowest BCUT2D eigenvalue weighted by molar-refractivity contribution is -0.132. The van der Waals surface area contributed by atoms with Crippen molar-refractivity contribution in [2.75, 3.05) is 47.4 Å². The second-order valence-electron chi connectivity index (χ2n) is 6.99. The lowest BCUT2D eigenvalue weighted by atomic mass is 10.1. The Morgan fingerprint density at radius 2 is 2.18 bits per heavy atom. The van der Waals surface area contributed by atoms with Crippen molar-refractivity contribution in [3.63, 3.8) is 0 Å². The number of imidazole rings is 1. The molecule has 1 N–H and O–H groups in total. The van der Waals surface area contributed by atoms with Crippen LogP contribution in [0.4, 0.5) is 0 Å². The number of benzene rings is 1. The van der Waals surface area contributed by atoms with E-state index >= 15 is 0 Å². The van der Waals surface area contributed by atoms with E-state index in [1.54, 1.807) is 25.3 Å². The molecule has 1 atom stereocenters. The van der Waals surface area contributed by atoms with Gasteiger partial charge < -0.3 is 24.3 Å². The predicted molar refractivity (Wildman–Crippen MR) is 106 cm³/mol. The van der Waals surface area contributed by atoms with Crippen LogP contribution in [-0.4, -0.2) is 72.7 Å². The molecule has 1 amide bonds. The van der Waals surface area contributed by atoms with E-state index in [-0.39, 0.29) is 11.9 Å². The summed E-state index contributed by atoms with van der Waals surface area (Å²) in [6, 6.07) is 5.79. The van der Waals surface area contributed by atoms with Crippen molar-refractivity contribution >= 4 is 5.91 Å². The van der Waals surface area contributed by atoms with Crippen molar-refractivity contribution in [2.45, 2.75) is 12.6 Å². The molecule has 1 fully saturated rings. The molecule has 2 aromatic rings. The van der Waals surface area contributed by atoms with E-state index in [1.165, 1.54) is 0 Å². The van der Waals surface area contributed by atoms with Crippen molar-refractivity contribution in [1.82, 2.24) is 24.7 Å². The van der Waals surface area contributed by atoms with Gasteiger partial charge in [-0.15, -0.1) is 0 Å². The standard InChI is InChI=1S/C20H29N5O3/c1-23-10-9-22-20(23)16-12-21-8-11-25(16)14-18(26)24(2)13-15-6-5-7-17(27-3)19(15)28-4/h5-7,9-10,16,21H,8,11-14H2,1-4H3. The number of aryl methyl sites for hydroxylation is 1. The Bertz CT molecular complexity index is 807. The Labute approximate surface area is 166 Å². The van der Waals surface area contributed by atoms with Gasteiger partial charge in [0.1, 0.15) is 5.82 Å². The minimum absolute atomic E-state index is 0.0611. The van der Waals surface area contributed by atoms with E-state index in [2.05, 4.69) is 15.2 Å². The third-order valence-corrected chi connectivity index (χ3v) is 5.17. The zero-order valence-electron chi connectivity index (χ0n) is 17.0. The number of carbonyl (C=O) groups excluding carboxylic acids is 1. The molecule has 0 radical (unpaired) electrons. The molecule has 1 saturated heterocycles. The van der Waals surface area contributed by atoms with E-state index in [0.29, 0.717) is 24.6 Å². The molecule has 2 heterocycles. The van der Waals surface area contributed by atoms with Crippen molar-refractivity contribution in [3.8, 4) is 11.5 Å². The van der Waals surface area contributed by atoms with Gasteiger partial charge in [0.2, 0.25) is 5.91 Å². The van der Waals surface area contributed by atoms with Crippen molar-refractivity contribution in [1.29, 1.82) is 0 Å². The van der Waals surface area contributed by atoms with Crippen LogP contribution in [0.25, 0.3) is 0 Å². The number of hydrogen-bond donors (Lipinski definition) is 1. The number of hydrogen-bond acceptors (Lipinski definition) is 6. The van der Waals surface area contributed by atoms with Crippen LogP contribution in [0.3, 0.4) is 0 Å². The first-order valence-corrected chi connectivity index (χ1v) is 9.41. The smallest absolute Gasteiger partial charge is 0.236 e. The topological polar surface area (TPSA) is 71.9 Å². The molecule has 0 saturated carbocycles. The first-order valence-electron chi connectivity index (χ1n) is 9.41. The summed E-state index contributed by atoms with van der Waals surface area (Å²) in [5.41, 5.74) is 0.915. The summed E-state index contributed by atoms with van der Waals surface area (Å²) in [7, 11) is 7.03. The first kappa shape index (κ1) is 20.2. The van der Waals surface area contributed by atoms with Gasteiger partial charge in [0.15, 0.2) is 11.5 Å². The maximum atomic E-state index is 12.9. The number of para-hydroxylation sites is 1. The molecule has 152 valence electrons. The zero-order chi connectivity index (χ0) is 20.1. The van der Waals surface area contributed by atoms with Crippen LogP contribution in [0, 0.1) is 0 Å². The van der Waals surface area contributed by atoms with Gasteiger partial charge in [0, 0.05) is 58.2 Å². The molecular formula is C20H29N5O3. The second-order valence-corrected chi connectivity index (χ2v) is 6.99. The fraction of sp³-hybridized carbons (Fsp3) is 0.500. The minimum atomic E-state index is 0.0611. The highest BCUT2D eigenvalue weighted by molar-refractivity contribution is 5.78. The highest BCUT2D eigenvalue weighted by Crippen LogP contribution is 2.31. The highest BCUT2D eigenvalue weighted by atomic mass is 16.5. The van der Waals surface area contributed by atoms with Gasteiger partial charge in [0.25, 0.3) is 0 Å². The van der Waals surface area contributed by atoms with E-state index in [4.69, 9.17) is 9.47 Å². The number of nitrogens with one attached hydrogen (secondary N) is 1. The molecule has 1 aliphatic rings. The summed E-state index contributed by atoms with van der Waals surface area (Å²) in [4.78, 5) is 21.3. The Kier molecular flexibility index (Phi) is 6.53. The number of aromatic nitrogens is 2. The molecule has 1 unspecified atom stereocenters. The molecule has 28 heavy (non-hydrogen) atoms. The van der Waals surface area contributed by atoms with Gasteiger partial charge in [-0.3, -0.25) is 9.69 Å². The number of amides is 1. The van der Waals surface area contributed by atoms with Gasteiger partial charge in [-0.1, -0.05) is 12.1 Å². The Morgan fingerprint density at radius 3 is 2.86 bits per heavy atom. The van der Waals surface area contributed by atoms with E-state index in [1.807, 2.05) is 43.1 Å². The number of nitrogens with zero attached hydrogens (tertiary/aromatic N) is 4.